The van der Waals surface area contributed by atoms with Crippen molar-refractivity contribution in [2.75, 3.05) is 0 Å². The second kappa shape index (κ2) is 19.7. The highest BCUT2D eigenvalue weighted by Gasteiger charge is 2.35. The topological polar surface area (TPSA) is 0 Å². The van der Waals surface area contributed by atoms with Crippen LogP contribution in [0, 0.1) is 23.2 Å². The number of hydrogen-bond acceptors (Lipinski definition) is 0. The average molecular weight is 409 g/mol. The van der Waals surface area contributed by atoms with Crippen molar-refractivity contribution in [3.05, 3.63) is 12.2 Å². The Morgan fingerprint density at radius 2 is 1.41 bits per heavy atom. The second-order valence-electron chi connectivity index (χ2n) is 10.2. The second-order valence-corrected chi connectivity index (χ2v) is 10.2. The maximum atomic E-state index is 4.22. The summed E-state index contributed by atoms with van der Waals surface area (Å²) in [6, 6.07) is 0. The first kappa shape index (κ1) is 30.9. The van der Waals surface area contributed by atoms with Crippen LogP contribution < -0.4 is 0 Å². The summed E-state index contributed by atoms with van der Waals surface area (Å²) in [6.07, 6.45) is 19.6. The minimum Gasteiger partial charge on any atom is -0.0998 e. The smallest absolute Gasteiger partial charge is 0.0258 e. The summed E-state index contributed by atoms with van der Waals surface area (Å²) in [5, 5.41) is 0. The van der Waals surface area contributed by atoms with Crippen LogP contribution in [0.4, 0.5) is 0 Å². The van der Waals surface area contributed by atoms with E-state index in [1.807, 2.05) is 13.8 Å². The van der Waals surface area contributed by atoms with Gasteiger partial charge in [0.2, 0.25) is 0 Å². The predicted octanol–water partition coefficient (Wildman–Crippen LogP) is 11.0. The van der Waals surface area contributed by atoms with E-state index in [-0.39, 0.29) is 0 Å². The first-order valence-electron chi connectivity index (χ1n) is 13.5. The van der Waals surface area contributed by atoms with Gasteiger partial charge >= 0.3 is 0 Å². The monoisotopic (exact) mass is 408 g/mol. The third kappa shape index (κ3) is 16.1. The van der Waals surface area contributed by atoms with Crippen molar-refractivity contribution in [3.8, 4) is 0 Å². The highest BCUT2D eigenvalue weighted by molar-refractivity contribution is 5.06. The summed E-state index contributed by atoms with van der Waals surface area (Å²) in [4.78, 5) is 0. The molecule has 0 aromatic carbocycles. The van der Waals surface area contributed by atoms with Crippen LogP contribution in [0.5, 0.6) is 0 Å². The fraction of sp³-hybridized carbons (Fsp3) is 0.931. The first-order valence-corrected chi connectivity index (χ1v) is 13.5. The van der Waals surface area contributed by atoms with Crippen molar-refractivity contribution in [1.82, 2.24) is 0 Å². The Hall–Kier alpha value is -0.260. The van der Waals surface area contributed by atoms with E-state index < -0.39 is 0 Å². The van der Waals surface area contributed by atoms with Gasteiger partial charge in [-0.25, -0.2) is 0 Å². The molecule has 0 heteroatoms. The Morgan fingerprint density at radius 1 is 0.931 bits per heavy atom. The van der Waals surface area contributed by atoms with Crippen molar-refractivity contribution >= 4 is 0 Å². The van der Waals surface area contributed by atoms with Gasteiger partial charge in [0.15, 0.2) is 0 Å². The minimum absolute atomic E-state index is 0.586. The van der Waals surface area contributed by atoms with Gasteiger partial charge in [0.05, 0.1) is 0 Å². The van der Waals surface area contributed by atoms with Crippen LogP contribution in [-0.2, 0) is 0 Å². The number of hydrogen-bond donors (Lipinski definition) is 0. The molecule has 2 aliphatic carbocycles. The maximum absolute atomic E-state index is 4.22. The Bertz CT molecular complexity index is 335. The largest absolute Gasteiger partial charge is 0.0998 e. The summed E-state index contributed by atoms with van der Waals surface area (Å²) in [7, 11) is 0. The maximum Gasteiger partial charge on any atom is -0.0258 e. The molecule has 2 unspecified atom stereocenters. The summed E-state index contributed by atoms with van der Waals surface area (Å²) in [5.41, 5.74) is 2.08. The molecule has 0 spiro atoms. The molecule has 2 saturated carbocycles. The molecule has 0 aliphatic heterocycles. The van der Waals surface area contributed by atoms with Crippen molar-refractivity contribution < 1.29 is 0 Å². The van der Waals surface area contributed by atoms with Gasteiger partial charge in [-0.1, -0.05) is 139 Å². The highest BCUT2D eigenvalue weighted by atomic mass is 14.4. The van der Waals surface area contributed by atoms with E-state index >= 15 is 0 Å². The molecule has 0 nitrogen and oxygen atoms in total. The summed E-state index contributed by atoms with van der Waals surface area (Å²) >= 11 is 0. The van der Waals surface area contributed by atoms with Gasteiger partial charge in [0, 0.05) is 0 Å². The molecule has 2 fully saturated rings. The van der Waals surface area contributed by atoms with E-state index in [9.17, 15) is 0 Å². The lowest BCUT2D eigenvalue weighted by Crippen LogP contribution is -2.29. The zero-order valence-electron chi connectivity index (χ0n) is 22.3. The number of allylic oxidation sites excluding steroid dienone is 1. The van der Waals surface area contributed by atoms with Crippen molar-refractivity contribution in [3.63, 3.8) is 0 Å². The van der Waals surface area contributed by atoms with E-state index in [1.54, 1.807) is 0 Å². The van der Waals surface area contributed by atoms with Crippen LogP contribution >= 0.6 is 0 Å². The SMILES string of the molecule is C1CCC1.C=C1CC(C)CC(CC)(CC(C)C)C1.CC.CCCC(CC)CCC. The molecule has 0 heterocycles. The van der Waals surface area contributed by atoms with Crippen molar-refractivity contribution in [1.29, 1.82) is 0 Å². The first-order chi connectivity index (χ1) is 13.8. The summed E-state index contributed by atoms with van der Waals surface area (Å²) in [5.74, 6) is 2.70. The van der Waals surface area contributed by atoms with E-state index in [2.05, 4.69) is 55.0 Å². The molecular weight excluding hydrogens is 348 g/mol. The van der Waals surface area contributed by atoms with Gasteiger partial charge in [0.1, 0.15) is 0 Å². The minimum atomic E-state index is 0.586. The lowest BCUT2D eigenvalue weighted by atomic mass is 9.64. The average Bonchev–Trinajstić information content (AvgIpc) is 2.61. The third-order valence-electron chi connectivity index (χ3n) is 6.61. The van der Waals surface area contributed by atoms with Crippen LogP contribution in [-0.4, -0.2) is 0 Å². The quantitative estimate of drug-likeness (QED) is 0.350. The van der Waals surface area contributed by atoms with Crippen molar-refractivity contribution in [2.24, 2.45) is 23.2 Å². The fourth-order valence-corrected chi connectivity index (χ4v) is 5.03. The summed E-state index contributed by atoms with van der Waals surface area (Å²) < 4.78 is 0. The predicted molar refractivity (Wildman–Crippen MR) is 138 cm³/mol. The zero-order valence-corrected chi connectivity index (χ0v) is 22.3. The molecule has 0 bridgehead atoms. The van der Waals surface area contributed by atoms with Crippen LogP contribution in [0.1, 0.15) is 152 Å². The van der Waals surface area contributed by atoms with E-state index in [4.69, 9.17) is 0 Å². The Balaban J connectivity index is 0. The van der Waals surface area contributed by atoms with Gasteiger partial charge in [-0.3, -0.25) is 0 Å². The van der Waals surface area contributed by atoms with Gasteiger partial charge in [0.25, 0.3) is 0 Å². The van der Waals surface area contributed by atoms with Crippen LogP contribution in [0.2, 0.25) is 0 Å². The van der Waals surface area contributed by atoms with Crippen LogP contribution in [0.3, 0.4) is 0 Å². The molecule has 0 aromatic heterocycles. The standard InChI is InChI=1S/C14H26.C9H20.C4H8.C2H6/c1-6-14(8-11(2)3)9-12(4)7-13(5)10-14;1-4-7-9(6-3)8-5-2;1-2-4-3-1;1-2/h11,13H,4,6-10H2,1-3,5H3;9H,4-8H2,1-3H3;1-4H2;1-2H3. The molecule has 0 saturated heterocycles. The van der Waals surface area contributed by atoms with Crippen molar-refractivity contribution in [2.45, 2.75) is 152 Å². The molecule has 0 amide bonds. The van der Waals surface area contributed by atoms with E-state index in [0.29, 0.717) is 5.41 Å². The van der Waals surface area contributed by atoms with Gasteiger partial charge in [-0.15, -0.1) is 0 Å². The molecule has 0 N–H and O–H groups in total. The van der Waals surface area contributed by atoms with Gasteiger partial charge in [-0.05, 0) is 48.9 Å². The van der Waals surface area contributed by atoms with Crippen LogP contribution in [0.15, 0.2) is 12.2 Å². The molecule has 2 rings (SSSR count). The Morgan fingerprint density at radius 3 is 1.69 bits per heavy atom. The zero-order chi connectivity index (χ0) is 22.7. The normalized spacial score (nSPS) is 23.1. The van der Waals surface area contributed by atoms with Gasteiger partial charge in [-0.2, -0.15) is 0 Å². The lowest BCUT2D eigenvalue weighted by Gasteiger charge is -2.42. The lowest BCUT2D eigenvalue weighted by molar-refractivity contribution is 0.140. The molecule has 0 aromatic rings. The molecule has 176 valence electrons. The Labute approximate surface area is 187 Å². The highest BCUT2D eigenvalue weighted by Crippen LogP contribution is 2.47. The fourth-order valence-electron chi connectivity index (χ4n) is 5.03. The summed E-state index contributed by atoms with van der Waals surface area (Å²) in [6.45, 7) is 24.5. The van der Waals surface area contributed by atoms with Crippen LogP contribution in [0.25, 0.3) is 0 Å². The molecule has 2 atom stereocenters. The number of rotatable bonds is 8. The molecule has 2 aliphatic rings. The van der Waals surface area contributed by atoms with Gasteiger partial charge < -0.3 is 0 Å². The Kier molecular flexibility index (Phi) is 21.0. The van der Waals surface area contributed by atoms with E-state index in [1.165, 1.54) is 95.5 Å². The molecule has 29 heavy (non-hydrogen) atoms. The molecule has 0 radical (unpaired) electrons. The third-order valence-corrected chi connectivity index (χ3v) is 6.61. The van der Waals surface area contributed by atoms with E-state index in [0.717, 1.165) is 17.8 Å². The molecular formula is C29H60.